The summed E-state index contributed by atoms with van der Waals surface area (Å²) >= 11 is 0. The zero-order chi connectivity index (χ0) is 13.0. The van der Waals surface area contributed by atoms with Gasteiger partial charge in [0.05, 0.1) is 13.3 Å². The lowest BCUT2D eigenvalue weighted by atomic mass is 9.84. The molecule has 18 heavy (non-hydrogen) atoms. The summed E-state index contributed by atoms with van der Waals surface area (Å²) in [6.07, 6.45) is 10.8. The van der Waals surface area contributed by atoms with Gasteiger partial charge in [-0.3, -0.25) is 4.98 Å². The highest BCUT2D eigenvalue weighted by Gasteiger charge is 2.31. The molecule has 1 saturated carbocycles. The fourth-order valence-corrected chi connectivity index (χ4v) is 2.94. The van der Waals surface area contributed by atoms with Crippen LogP contribution in [0.2, 0.25) is 0 Å². The Kier molecular flexibility index (Phi) is 4.23. The van der Waals surface area contributed by atoms with E-state index in [-0.39, 0.29) is 5.54 Å². The number of methoxy groups -OCH3 is 1. The Bertz CT molecular complexity index is 394. The Morgan fingerprint density at radius 3 is 2.94 bits per heavy atom. The van der Waals surface area contributed by atoms with Gasteiger partial charge in [0.15, 0.2) is 0 Å². The van der Waals surface area contributed by atoms with Crippen LogP contribution in [0.4, 0.5) is 0 Å². The lowest BCUT2D eigenvalue weighted by molar-refractivity contribution is 0.365. The fraction of sp³-hybridized carbons (Fsp3) is 0.667. The number of pyridine rings is 1. The molecule has 1 aromatic heterocycles. The Hall–Kier alpha value is -1.09. The second-order valence-electron chi connectivity index (χ2n) is 5.47. The van der Waals surface area contributed by atoms with E-state index in [1.54, 1.807) is 13.3 Å². The van der Waals surface area contributed by atoms with Gasteiger partial charge in [0.25, 0.3) is 0 Å². The molecule has 0 bridgehead atoms. The number of nitrogens with zero attached hydrogens (tertiary/aromatic N) is 1. The SMILES string of the molecule is CCC1CCCC(N)(c2cncc(OC)c2)CC1. The number of aromatic nitrogens is 1. The van der Waals surface area contributed by atoms with Crippen molar-refractivity contribution in [3.8, 4) is 5.75 Å². The maximum absolute atomic E-state index is 6.63. The van der Waals surface area contributed by atoms with Crippen molar-refractivity contribution in [1.29, 1.82) is 0 Å². The molecule has 0 radical (unpaired) electrons. The second-order valence-corrected chi connectivity index (χ2v) is 5.47. The van der Waals surface area contributed by atoms with Crippen molar-refractivity contribution in [2.24, 2.45) is 11.7 Å². The average molecular weight is 248 g/mol. The molecule has 2 rings (SSSR count). The van der Waals surface area contributed by atoms with Gasteiger partial charge in [-0.25, -0.2) is 0 Å². The first-order chi connectivity index (χ1) is 8.68. The third kappa shape index (κ3) is 2.83. The van der Waals surface area contributed by atoms with Crippen LogP contribution in [-0.2, 0) is 5.54 Å². The van der Waals surface area contributed by atoms with Crippen LogP contribution in [0.5, 0.6) is 5.75 Å². The normalized spacial score (nSPS) is 28.7. The van der Waals surface area contributed by atoms with Gasteiger partial charge in [-0.2, -0.15) is 0 Å². The zero-order valence-electron chi connectivity index (χ0n) is 11.5. The van der Waals surface area contributed by atoms with E-state index in [1.165, 1.54) is 25.7 Å². The van der Waals surface area contributed by atoms with Crippen molar-refractivity contribution in [1.82, 2.24) is 4.98 Å². The highest BCUT2D eigenvalue weighted by Crippen LogP contribution is 2.37. The maximum Gasteiger partial charge on any atom is 0.137 e. The summed E-state index contributed by atoms with van der Waals surface area (Å²) in [4.78, 5) is 4.24. The first-order valence-corrected chi connectivity index (χ1v) is 6.96. The fourth-order valence-electron chi connectivity index (χ4n) is 2.94. The van der Waals surface area contributed by atoms with E-state index in [9.17, 15) is 0 Å². The molecule has 1 aliphatic rings. The Balaban J connectivity index is 2.18. The minimum absolute atomic E-state index is 0.217. The molecule has 1 heterocycles. The molecule has 0 aromatic carbocycles. The van der Waals surface area contributed by atoms with E-state index in [2.05, 4.69) is 11.9 Å². The van der Waals surface area contributed by atoms with Crippen molar-refractivity contribution in [3.63, 3.8) is 0 Å². The summed E-state index contributed by atoms with van der Waals surface area (Å²) in [6, 6.07) is 2.04. The van der Waals surface area contributed by atoms with Gasteiger partial charge < -0.3 is 10.5 Å². The Morgan fingerprint density at radius 2 is 2.22 bits per heavy atom. The van der Waals surface area contributed by atoms with Crippen molar-refractivity contribution < 1.29 is 4.74 Å². The molecule has 0 spiro atoms. The molecule has 3 nitrogen and oxygen atoms in total. The van der Waals surface area contributed by atoms with E-state index in [1.807, 2.05) is 12.3 Å². The van der Waals surface area contributed by atoms with E-state index < -0.39 is 0 Å². The standard InChI is InChI=1S/C15H24N2O/c1-3-12-5-4-7-15(16,8-6-12)13-9-14(18-2)11-17-10-13/h9-12H,3-8,16H2,1-2H3. The molecule has 100 valence electrons. The largest absolute Gasteiger partial charge is 0.495 e. The molecule has 1 aromatic rings. The number of hydrogen-bond acceptors (Lipinski definition) is 3. The molecule has 2 unspecified atom stereocenters. The number of rotatable bonds is 3. The van der Waals surface area contributed by atoms with E-state index in [4.69, 9.17) is 10.5 Å². The van der Waals surface area contributed by atoms with Gasteiger partial charge in [0, 0.05) is 11.7 Å². The summed E-state index contributed by atoms with van der Waals surface area (Å²) in [5, 5.41) is 0. The zero-order valence-corrected chi connectivity index (χ0v) is 11.5. The highest BCUT2D eigenvalue weighted by molar-refractivity contribution is 5.29. The van der Waals surface area contributed by atoms with E-state index >= 15 is 0 Å². The van der Waals surface area contributed by atoms with E-state index in [0.29, 0.717) is 0 Å². The lowest BCUT2D eigenvalue weighted by Gasteiger charge is -2.28. The van der Waals surface area contributed by atoms with Crippen molar-refractivity contribution >= 4 is 0 Å². The number of hydrogen-bond donors (Lipinski definition) is 1. The van der Waals surface area contributed by atoms with Crippen LogP contribution in [0, 0.1) is 5.92 Å². The predicted molar refractivity (Wildman–Crippen MR) is 73.5 cm³/mol. The van der Waals surface area contributed by atoms with Crippen LogP contribution in [0.15, 0.2) is 18.5 Å². The van der Waals surface area contributed by atoms with Crippen LogP contribution in [0.3, 0.4) is 0 Å². The van der Waals surface area contributed by atoms with Gasteiger partial charge in [-0.05, 0) is 36.8 Å². The third-order valence-corrected chi connectivity index (χ3v) is 4.34. The first-order valence-electron chi connectivity index (χ1n) is 6.96. The number of ether oxygens (including phenoxy) is 1. The van der Waals surface area contributed by atoms with Crippen LogP contribution in [0.1, 0.15) is 51.0 Å². The van der Waals surface area contributed by atoms with Gasteiger partial charge >= 0.3 is 0 Å². The highest BCUT2D eigenvalue weighted by atomic mass is 16.5. The molecular formula is C15H24N2O. The van der Waals surface area contributed by atoms with E-state index in [0.717, 1.165) is 30.1 Å². The molecular weight excluding hydrogens is 224 g/mol. The average Bonchev–Trinajstić information content (AvgIpc) is 2.61. The molecule has 0 amide bonds. The molecule has 2 atom stereocenters. The summed E-state index contributed by atoms with van der Waals surface area (Å²) in [5.74, 6) is 1.64. The second kappa shape index (κ2) is 5.70. The minimum Gasteiger partial charge on any atom is -0.495 e. The molecule has 0 saturated heterocycles. The Morgan fingerprint density at radius 1 is 1.39 bits per heavy atom. The van der Waals surface area contributed by atoms with Crippen molar-refractivity contribution in [2.75, 3.05) is 7.11 Å². The van der Waals surface area contributed by atoms with Crippen LogP contribution in [0.25, 0.3) is 0 Å². The smallest absolute Gasteiger partial charge is 0.137 e. The lowest BCUT2D eigenvalue weighted by Crippen LogP contribution is -2.36. The third-order valence-electron chi connectivity index (χ3n) is 4.34. The maximum atomic E-state index is 6.63. The summed E-state index contributed by atoms with van der Waals surface area (Å²) < 4.78 is 5.25. The summed E-state index contributed by atoms with van der Waals surface area (Å²) in [5.41, 5.74) is 7.53. The Labute approximate surface area is 110 Å². The van der Waals surface area contributed by atoms with Gasteiger partial charge in [0.1, 0.15) is 5.75 Å². The van der Waals surface area contributed by atoms with Crippen LogP contribution >= 0.6 is 0 Å². The first kappa shape index (κ1) is 13.3. The van der Waals surface area contributed by atoms with Crippen molar-refractivity contribution in [3.05, 3.63) is 24.0 Å². The minimum atomic E-state index is -0.217. The molecule has 1 fully saturated rings. The van der Waals surface area contributed by atoms with Crippen LogP contribution < -0.4 is 10.5 Å². The molecule has 1 aliphatic carbocycles. The quantitative estimate of drug-likeness (QED) is 0.835. The molecule has 0 aliphatic heterocycles. The predicted octanol–water partition coefficient (Wildman–Crippen LogP) is 3.23. The monoisotopic (exact) mass is 248 g/mol. The van der Waals surface area contributed by atoms with Crippen LogP contribution in [-0.4, -0.2) is 12.1 Å². The number of nitrogens with two attached hydrogens (primary N) is 1. The van der Waals surface area contributed by atoms with Crippen molar-refractivity contribution in [2.45, 2.75) is 51.0 Å². The topological polar surface area (TPSA) is 48.1 Å². The summed E-state index contributed by atoms with van der Waals surface area (Å²) in [6.45, 7) is 2.28. The summed E-state index contributed by atoms with van der Waals surface area (Å²) in [7, 11) is 1.67. The van der Waals surface area contributed by atoms with Gasteiger partial charge in [-0.1, -0.05) is 26.2 Å². The molecule has 2 N–H and O–H groups in total. The molecule has 3 heteroatoms. The van der Waals surface area contributed by atoms with Gasteiger partial charge in [-0.15, -0.1) is 0 Å². The van der Waals surface area contributed by atoms with Gasteiger partial charge in [0.2, 0.25) is 0 Å².